The fraction of sp³-hybridized carbons (Fsp3) is 0.500. The number of alkyl halides is 1. The Morgan fingerprint density at radius 3 is 2.51 bits per heavy atom. The van der Waals surface area contributed by atoms with Gasteiger partial charge in [0.05, 0.1) is 12.2 Å². The fourth-order valence-corrected chi connectivity index (χ4v) is 5.06. The van der Waals surface area contributed by atoms with Gasteiger partial charge in [-0.3, -0.25) is 14.6 Å². The maximum atomic E-state index is 13.2. The molecule has 1 fully saturated rings. The Kier molecular flexibility index (Phi) is 9.64. The number of rotatable bonds is 10. The second-order valence-corrected chi connectivity index (χ2v) is 11.7. The molecule has 0 amide bonds. The fourth-order valence-electron chi connectivity index (χ4n) is 4.97. The normalized spacial score (nSPS) is 16.5. The summed E-state index contributed by atoms with van der Waals surface area (Å²) in [7, 11) is 0. The highest BCUT2D eigenvalue weighted by Crippen LogP contribution is 2.24. The molecule has 1 unspecified atom stereocenters. The van der Waals surface area contributed by atoms with Crippen LogP contribution in [0.15, 0.2) is 47.3 Å². The van der Waals surface area contributed by atoms with Crippen LogP contribution in [0.2, 0.25) is 0 Å². The Hall–Kier alpha value is -2.94. The third-order valence-electron chi connectivity index (χ3n) is 7.17. The average Bonchev–Trinajstić information content (AvgIpc) is 3.25. The van der Waals surface area contributed by atoms with E-state index in [9.17, 15) is 9.90 Å². The third kappa shape index (κ3) is 7.38. The summed E-state index contributed by atoms with van der Waals surface area (Å²) in [5.41, 5.74) is 3.03. The minimum absolute atomic E-state index is 0.0361. The van der Waals surface area contributed by atoms with Crippen LogP contribution in [0.4, 0.5) is 0 Å². The number of nitrogens with zero attached hydrogens (tertiary/aromatic N) is 5. The van der Waals surface area contributed by atoms with Gasteiger partial charge < -0.3 is 10.1 Å². The highest BCUT2D eigenvalue weighted by atomic mass is 35.5. The van der Waals surface area contributed by atoms with Crippen molar-refractivity contribution in [2.75, 3.05) is 26.2 Å². The lowest BCUT2D eigenvalue weighted by Crippen LogP contribution is -2.48. The molecule has 2 aromatic heterocycles. The van der Waals surface area contributed by atoms with Gasteiger partial charge in [0.15, 0.2) is 5.65 Å². The summed E-state index contributed by atoms with van der Waals surface area (Å²) in [5.74, 6) is 0.961. The molecule has 1 saturated heterocycles. The Labute approximate surface area is 236 Å². The molecule has 2 N–H and O–H groups in total. The van der Waals surface area contributed by atoms with Crippen LogP contribution in [0.5, 0.6) is 5.75 Å². The zero-order chi connectivity index (χ0) is 28.1. The molecule has 0 radical (unpaired) electrons. The second kappa shape index (κ2) is 12.9. The predicted octanol–water partition coefficient (Wildman–Crippen LogP) is 4.81. The van der Waals surface area contributed by atoms with Crippen molar-refractivity contribution in [3.05, 3.63) is 75.5 Å². The Balaban J connectivity index is 1.56. The minimum atomic E-state index is -0.174. The smallest absolute Gasteiger partial charge is 0.262 e. The molecule has 0 spiro atoms. The Morgan fingerprint density at radius 1 is 1.10 bits per heavy atom. The quantitative estimate of drug-likeness (QED) is 0.277. The van der Waals surface area contributed by atoms with Crippen molar-refractivity contribution in [1.82, 2.24) is 29.5 Å². The Bertz CT molecular complexity index is 1380. The van der Waals surface area contributed by atoms with Gasteiger partial charge in [0, 0.05) is 56.1 Å². The van der Waals surface area contributed by atoms with Crippen LogP contribution in [-0.2, 0) is 19.5 Å². The molecule has 210 valence electrons. The molecule has 0 saturated carbocycles. The number of fused-ring (bicyclic) bond motifs is 1. The summed E-state index contributed by atoms with van der Waals surface area (Å²) >= 11 is 5.97. The number of nitrogens with one attached hydrogen (secondary N) is 1. The summed E-state index contributed by atoms with van der Waals surface area (Å²) in [6, 6.07) is 6.21. The predicted molar refractivity (Wildman–Crippen MR) is 159 cm³/mol. The number of aromatic amines is 1. The van der Waals surface area contributed by atoms with Crippen LogP contribution in [-0.4, -0.2) is 72.3 Å². The Morgan fingerprint density at radius 2 is 1.85 bits per heavy atom. The SMILES string of the molecule is CC(Cl)/C=C\C=C/Cn1nc(C(C)C)c2c(=O)[nH]c(Cc3ccc(O)c(CN4CCN(C(C)C)CC4)c3)nc21. The molecule has 3 heterocycles. The first kappa shape index (κ1) is 29.1. The van der Waals surface area contributed by atoms with E-state index in [2.05, 4.69) is 28.6 Å². The average molecular weight is 553 g/mol. The van der Waals surface area contributed by atoms with E-state index in [1.165, 1.54) is 0 Å². The van der Waals surface area contributed by atoms with E-state index < -0.39 is 0 Å². The summed E-state index contributed by atoms with van der Waals surface area (Å²) in [6.45, 7) is 15.6. The van der Waals surface area contributed by atoms with Crippen molar-refractivity contribution in [2.24, 2.45) is 0 Å². The third-order valence-corrected chi connectivity index (χ3v) is 7.32. The lowest BCUT2D eigenvalue weighted by Gasteiger charge is -2.37. The van der Waals surface area contributed by atoms with Gasteiger partial charge in [-0.15, -0.1) is 11.6 Å². The summed E-state index contributed by atoms with van der Waals surface area (Å²) < 4.78 is 1.79. The number of H-pyrrole nitrogens is 1. The standard InChI is InChI=1S/C30H41ClN6O2/c1-20(2)28-27-29(37(34-28)12-8-6-7-9-22(5)31)32-26(33-30(27)39)18-23-10-11-25(38)24(17-23)19-35-13-15-36(16-14-35)21(3)4/h6-11,17,20-22,38H,12-16,18-19H2,1-5H3,(H,32,33,39)/b8-6-,9-7-. The molecule has 4 rings (SSSR count). The molecule has 3 aromatic rings. The van der Waals surface area contributed by atoms with Gasteiger partial charge in [-0.05, 0) is 38.3 Å². The topological polar surface area (TPSA) is 90.3 Å². The molecule has 1 aromatic carbocycles. The van der Waals surface area contributed by atoms with Crippen LogP contribution in [0.25, 0.3) is 11.0 Å². The van der Waals surface area contributed by atoms with Crippen molar-refractivity contribution >= 4 is 22.6 Å². The van der Waals surface area contributed by atoms with Gasteiger partial charge in [-0.2, -0.15) is 5.10 Å². The lowest BCUT2D eigenvalue weighted by atomic mass is 10.1. The number of aromatic nitrogens is 4. The molecular formula is C30H41ClN6O2. The van der Waals surface area contributed by atoms with E-state index in [1.807, 2.05) is 57.2 Å². The summed E-state index contributed by atoms with van der Waals surface area (Å²) in [6.07, 6.45) is 8.16. The number of phenolic OH excluding ortho intramolecular Hbond substituents is 1. The van der Waals surface area contributed by atoms with Crippen LogP contribution < -0.4 is 5.56 Å². The molecule has 39 heavy (non-hydrogen) atoms. The van der Waals surface area contributed by atoms with Crippen LogP contribution >= 0.6 is 11.6 Å². The van der Waals surface area contributed by atoms with Gasteiger partial charge in [0.2, 0.25) is 0 Å². The maximum Gasteiger partial charge on any atom is 0.262 e. The number of piperazine rings is 1. The van der Waals surface area contributed by atoms with Gasteiger partial charge >= 0.3 is 0 Å². The van der Waals surface area contributed by atoms with E-state index in [0.717, 1.165) is 43.0 Å². The van der Waals surface area contributed by atoms with Gasteiger partial charge in [0.1, 0.15) is 17.0 Å². The van der Waals surface area contributed by atoms with E-state index in [0.29, 0.717) is 48.2 Å². The van der Waals surface area contributed by atoms with Crippen molar-refractivity contribution < 1.29 is 5.11 Å². The first-order valence-electron chi connectivity index (χ1n) is 13.9. The van der Waals surface area contributed by atoms with Gasteiger partial charge in [-0.25, -0.2) is 9.67 Å². The molecule has 1 atom stereocenters. The number of hydrogen-bond donors (Lipinski definition) is 2. The van der Waals surface area contributed by atoms with E-state index in [1.54, 1.807) is 10.7 Å². The van der Waals surface area contributed by atoms with Gasteiger partial charge in [-0.1, -0.05) is 50.3 Å². The molecular weight excluding hydrogens is 512 g/mol. The van der Waals surface area contributed by atoms with Crippen LogP contribution in [0, 0.1) is 0 Å². The van der Waals surface area contributed by atoms with E-state index in [-0.39, 0.29) is 16.9 Å². The monoisotopic (exact) mass is 552 g/mol. The van der Waals surface area contributed by atoms with Crippen molar-refractivity contribution in [3.8, 4) is 5.75 Å². The molecule has 9 heteroatoms. The van der Waals surface area contributed by atoms with Crippen molar-refractivity contribution in [2.45, 2.75) is 71.5 Å². The summed E-state index contributed by atoms with van der Waals surface area (Å²) in [4.78, 5) is 25.9. The van der Waals surface area contributed by atoms with E-state index >= 15 is 0 Å². The number of hydrogen-bond acceptors (Lipinski definition) is 6. The number of benzene rings is 1. The van der Waals surface area contributed by atoms with Crippen molar-refractivity contribution in [3.63, 3.8) is 0 Å². The highest BCUT2D eigenvalue weighted by Gasteiger charge is 2.21. The van der Waals surface area contributed by atoms with Crippen LogP contribution in [0.3, 0.4) is 0 Å². The maximum absolute atomic E-state index is 13.2. The van der Waals surface area contributed by atoms with Crippen LogP contribution in [0.1, 0.15) is 63.2 Å². The zero-order valence-corrected chi connectivity index (χ0v) is 24.4. The number of halogens is 1. The molecule has 1 aliphatic heterocycles. The largest absolute Gasteiger partial charge is 0.508 e. The lowest BCUT2D eigenvalue weighted by molar-refractivity contribution is 0.103. The number of aromatic hydroxyl groups is 1. The number of phenols is 1. The zero-order valence-electron chi connectivity index (χ0n) is 23.7. The minimum Gasteiger partial charge on any atom is -0.508 e. The highest BCUT2D eigenvalue weighted by molar-refractivity contribution is 6.21. The van der Waals surface area contributed by atoms with Gasteiger partial charge in [0.25, 0.3) is 5.56 Å². The van der Waals surface area contributed by atoms with Crippen molar-refractivity contribution in [1.29, 1.82) is 0 Å². The molecule has 0 aliphatic carbocycles. The summed E-state index contributed by atoms with van der Waals surface area (Å²) in [5, 5.41) is 15.8. The van der Waals surface area contributed by atoms with E-state index in [4.69, 9.17) is 21.7 Å². The second-order valence-electron chi connectivity index (χ2n) is 11.0. The first-order chi connectivity index (χ1) is 18.6. The number of allylic oxidation sites excluding steroid dienone is 4. The first-order valence-corrected chi connectivity index (χ1v) is 14.3. The molecule has 0 bridgehead atoms. The molecule has 1 aliphatic rings. The molecule has 8 nitrogen and oxygen atoms in total.